The van der Waals surface area contributed by atoms with Gasteiger partial charge in [-0.05, 0) is 37.3 Å². The van der Waals surface area contributed by atoms with Gasteiger partial charge in [0.15, 0.2) is 5.16 Å². The zero-order valence-corrected chi connectivity index (χ0v) is 18.7. The number of carbonyl (C=O) groups excluding carboxylic acids is 1. The highest BCUT2D eigenvalue weighted by Crippen LogP contribution is 2.21. The van der Waals surface area contributed by atoms with Gasteiger partial charge in [-0.2, -0.15) is 5.10 Å². The summed E-state index contributed by atoms with van der Waals surface area (Å²) < 4.78 is 1.53. The number of aromatic nitrogens is 2. The van der Waals surface area contributed by atoms with Gasteiger partial charge in [0.1, 0.15) is 0 Å². The molecule has 4 aromatic rings. The van der Waals surface area contributed by atoms with Crippen molar-refractivity contribution in [1.29, 1.82) is 0 Å². The number of hydrogen-bond donors (Lipinski definition) is 1. The maximum atomic E-state index is 13.2. The van der Waals surface area contributed by atoms with E-state index in [9.17, 15) is 9.59 Å². The van der Waals surface area contributed by atoms with Crippen molar-refractivity contribution in [2.24, 2.45) is 5.10 Å². The summed E-state index contributed by atoms with van der Waals surface area (Å²) in [5.41, 5.74) is 4.97. The zero-order chi connectivity index (χ0) is 22.5. The summed E-state index contributed by atoms with van der Waals surface area (Å²) in [5, 5.41) is 5.66. The van der Waals surface area contributed by atoms with Crippen molar-refractivity contribution in [1.82, 2.24) is 15.0 Å². The minimum atomic E-state index is -0.316. The van der Waals surface area contributed by atoms with Crippen molar-refractivity contribution in [3.05, 3.63) is 99.8 Å². The molecule has 6 nitrogen and oxygen atoms in total. The normalized spacial score (nSPS) is 11.5. The summed E-state index contributed by atoms with van der Waals surface area (Å²) in [6, 6.07) is 23.7. The van der Waals surface area contributed by atoms with Crippen LogP contribution in [0.3, 0.4) is 0 Å². The quantitative estimate of drug-likeness (QED) is 0.195. The number of fused-ring (bicyclic) bond motifs is 1. The highest BCUT2D eigenvalue weighted by Gasteiger charge is 2.14. The predicted octanol–water partition coefficient (Wildman–Crippen LogP) is 4.67. The molecule has 0 fully saturated rings. The van der Waals surface area contributed by atoms with Crippen LogP contribution in [0.5, 0.6) is 0 Å². The number of hydrogen-bond acceptors (Lipinski definition) is 5. The summed E-state index contributed by atoms with van der Waals surface area (Å²) in [5.74, 6) is -0.278. The second kappa shape index (κ2) is 9.80. The molecular weight excluding hydrogens is 444 g/mol. The van der Waals surface area contributed by atoms with Crippen LogP contribution in [0.4, 0.5) is 0 Å². The minimum absolute atomic E-state index is 0.0386. The number of nitrogens with zero attached hydrogens (tertiary/aromatic N) is 3. The van der Waals surface area contributed by atoms with Crippen LogP contribution in [0.1, 0.15) is 12.5 Å². The number of halogens is 1. The molecule has 0 aliphatic heterocycles. The first-order valence-electron chi connectivity index (χ1n) is 9.82. The smallest absolute Gasteiger partial charge is 0.266 e. The summed E-state index contributed by atoms with van der Waals surface area (Å²) in [7, 11) is 0. The molecule has 0 saturated carbocycles. The van der Waals surface area contributed by atoms with E-state index in [0.29, 0.717) is 32.5 Å². The van der Waals surface area contributed by atoms with Crippen LogP contribution in [0.25, 0.3) is 16.6 Å². The van der Waals surface area contributed by atoms with Crippen molar-refractivity contribution >= 4 is 45.9 Å². The zero-order valence-electron chi connectivity index (χ0n) is 17.2. The fourth-order valence-corrected chi connectivity index (χ4v) is 4.21. The Morgan fingerprint density at radius 3 is 2.50 bits per heavy atom. The monoisotopic (exact) mass is 462 g/mol. The predicted molar refractivity (Wildman–Crippen MR) is 130 cm³/mol. The van der Waals surface area contributed by atoms with Gasteiger partial charge in [0.25, 0.3) is 11.5 Å². The Labute approximate surface area is 194 Å². The molecule has 160 valence electrons. The Kier molecular flexibility index (Phi) is 6.68. The van der Waals surface area contributed by atoms with Crippen molar-refractivity contribution in [2.75, 3.05) is 5.75 Å². The number of benzene rings is 3. The molecule has 4 rings (SSSR count). The summed E-state index contributed by atoms with van der Waals surface area (Å²) in [6.07, 6.45) is 0. The van der Waals surface area contributed by atoms with Crippen LogP contribution in [-0.4, -0.2) is 26.9 Å². The molecule has 0 aliphatic rings. The molecule has 0 atom stereocenters. The highest BCUT2D eigenvalue weighted by molar-refractivity contribution is 7.99. The third-order valence-corrected chi connectivity index (χ3v) is 5.97. The van der Waals surface area contributed by atoms with Gasteiger partial charge in [-0.1, -0.05) is 71.9 Å². The van der Waals surface area contributed by atoms with Gasteiger partial charge in [-0.3, -0.25) is 14.2 Å². The van der Waals surface area contributed by atoms with Crippen LogP contribution in [0.2, 0.25) is 5.02 Å². The Bertz CT molecular complexity index is 1370. The Morgan fingerprint density at radius 2 is 1.72 bits per heavy atom. The first-order chi connectivity index (χ1) is 15.5. The van der Waals surface area contributed by atoms with E-state index >= 15 is 0 Å². The van der Waals surface area contributed by atoms with Crippen LogP contribution in [-0.2, 0) is 4.79 Å². The van der Waals surface area contributed by atoms with Crippen molar-refractivity contribution in [3.8, 4) is 5.69 Å². The maximum absolute atomic E-state index is 13.2. The maximum Gasteiger partial charge on any atom is 0.266 e. The lowest BCUT2D eigenvalue weighted by Gasteiger charge is -2.13. The van der Waals surface area contributed by atoms with Gasteiger partial charge >= 0.3 is 0 Å². The first kappa shape index (κ1) is 21.8. The number of carbonyl (C=O) groups is 1. The summed E-state index contributed by atoms with van der Waals surface area (Å²) in [6.45, 7) is 1.77. The molecule has 1 aromatic heterocycles. The van der Waals surface area contributed by atoms with Gasteiger partial charge < -0.3 is 0 Å². The van der Waals surface area contributed by atoms with E-state index in [-0.39, 0.29) is 17.2 Å². The number of rotatable bonds is 6. The molecule has 1 N–H and O–H groups in total. The van der Waals surface area contributed by atoms with E-state index in [4.69, 9.17) is 11.6 Å². The Morgan fingerprint density at radius 1 is 1.03 bits per heavy atom. The molecular formula is C24H19ClN4O2S. The molecule has 0 bridgehead atoms. The number of thioether (sulfide) groups is 1. The lowest BCUT2D eigenvalue weighted by Crippen LogP contribution is -2.24. The summed E-state index contributed by atoms with van der Waals surface area (Å²) in [4.78, 5) is 30.3. The average Bonchev–Trinajstić information content (AvgIpc) is 2.82. The van der Waals surface area contributed by atoms with Crippen molar-refractivity contribution in [3.63, 3.8) is 0 Å². The number of hydrazone groups is 1. The van der Waals surface area contributed by atoms with Gasteiger partial charge in [-0.25, -0.2) is 10.4 Å². The summed E-state index contributed by atoms with van der Waals surface area (Å²) >= 11 is 7.35. The molecule has 0 aliphatic carbocycles. The van der Waals surface area contributed by atoms with E-state index < -0.39 is 0 Å². The fraction of sp³-hybridized carbons (Fsp3) is 0.0833. The van der Waals surface area contributed by atoms with E-state index in [0.717, 1.165) is 5.56 Å². The fourth-order valence-electron chi connectivity index (χ4n) is 3.14. The number of amides is 1. The molecule has 0 unspecified atom stereocenters. The van der Waals surface area contributed by atoms with Crippen molar-refractivity contribution < 1.29 is 4.79 Å². The topological polar surface area (TPSA) is 76.3 Å². The van der Waals surface area contributed by atoms with Crippen LogP contribution >= 0.6 is 23.4 Å². The lowest BCUT2D eigenvalue weighted by molar-refractivity contribution is -0.118. The number of nitrogens with one attached hydrogen (secondary N) is 1. The van der Waals surface area contributed by atoms with Gasteiger partial charge in [-0.15, -0.1) is 0 Å². The molecule has 8 heteroatoms. The molecule has 0 spiro atoms. The van der Waals surface area contributed by atoms with Crippen LogP contribution in [0.15, 0.2) is 93.9 Å². The molecule has 32 heavy (non-hydrogen) atoms. The van der Waals surface area contributed by atoms with Crippen LogP contribution in [0, 0.1) is 0 Å². The Hall–Kier alpha value is -3.42. The van der Waals surface area contributed by atoms with Gasteiger partial charge in [0, 0.05) is 10.6 Å². The number of para-hydroxylation sites is 2. The molecule has 1 heterocycles. The second-order valence-electron chi connectivity index (χ2n) is 6.89. The minimum Gasteiger partial charge on any atom is -0.272 e. The molecule has 3 aromatic carbocycles. The average molecular weight is 463 g/mol. The lowest BCUT2D eigenvalue weighted by atomic mass is 10.1. The third kappa shape index (κ3) is 4.74. The largest absolute Gasteiger partial charge is 0.272 e. The second-order valence-corrected chi connectivity index (χ2v) is 8.24. The van der Waals surface area contributed by atoms with Gasteiger partial charge in [0.05, 0.1) is 28.1 Å². The van der Waals surface area contributed by atoms with E-state index in [1.165, 1.54) is 16.3 Å². The third-order valence-electron chi connectivity index (χ3n) is 4.70. The standard InChI is InChI=1S/C24H19ClN4O2S/c1-16(18-11-5-7-13-20(18)25)27-28-22(30)15-32-24-26-21-14-8-6-12-19(21)23(31)29(24)17-9-3-2-4-10-17/h2-14H,15H2,1H3,(H,28,30)/b27-16-. The Balaban J connectivity index is 1.58. The first-order valence-corrected chi connectivity index (χ1v) is 11.2. The highest BCUT2D eigenvalue weighted by atomic mass is 35.5. The molecule has 1 amide bonds. The van der Waals surface area contributed by atoms with Gasteiger partial charge in [0.2, 0.25) is 0 Å². The van der Waals surface area contributed by atoms with E-state index in [1.54, 1.807) is 31.2 Å². The SMILES string of the molecule is C/C(=N/NC(=O)CSc1nc2ccccc2c(=O)n1-c1ccccc1)c1ccccc1Cl. The van der Waals surface area contributed by atoms with E-state index in [2.05, 4.69) is 15.5 Å². The van der Waals surface area contributed by atoms with E-state index in [1.807, 2.05) is 54.6 Å². The van der Waals surface area contributed by atoms with Crippen molar-refractivity contribution in [2.45, 2.75) is 12.1 Å². The molecule has 0 saturated heterocycles. The van der Waals surface area contributed by atoms with Crippen LogP contribution < -0.4 is 11.0 Å². The molecule has 0 radical (unpaired) electrons.